The van der Waals surface area contributed by atoms with E-state index in [1.807, 2.05) is 14.0 Å². The number of hydrogen-bond donors (Lipinski definition) is 2. The van der Waals surface area contributed by atoms with Crippen LogP contribution < -0.4 is 0 Å². The van der Waals surface area contributed by atoms with Gasteiger partial charge in [-0.2, -0.15) is 0 Å². The van der Waals surface area contributed by atoms with Crippen molar-refractivity contribution < 1.29 is 10.2 Å². The fourth-order valence-corrected chi connectivity index (χ4v) is 2.60. The van der Waals surface area contributed by atoms with E-state index in [0.29, 0.717) is 6.04 Å². The Labute approximate surface area is 93.1 Å². The van der Waals surface area contributed by atoms with Crippen LogP contribution in [-0.2, 0) is 0 Å². The predicted octanol–water partition coefficient (Wildman–Crippen LogP) is 1.38. The van der Waals surface area contributed by atoms with Crippen LogP contribution in [0.25, 0.3) is 0 Å². The molecule has 0 spiro atoms. The first-order valence-electron chi connectivity index (χ1n) is 6.15. The monoisotopic (exact) mass is 215 g/mol. The van der Waals surface area contributed by atoms with Crippen LogP contribution in [0.5, 0.6) is 0 Å². The van der Waals surface area contributed by atoms with Gasteiger partial charge in [0.25, 0.3) is 0 Å². The average molecular weight is 215 g/mol. The van der Waals surface area contributed by atoms with E-state index in [1.54, 1.807) is 0 Å². The lowest BCUT2D eigenvalue weighted by molar-refractivity contribution is -0.0322. The molecule has 0 unspecified atom stereocenters. The van der Waals surface area contributed by atoms with Gasteiger partial charge in [-0.05, 0) is 26.3 Å². The molecule has 1 fully saturated rings. The van der Waals surface area contributed by atoms with E-state index in [4.69, 9.17) is 0 Å². The van der Waals surface area contributed by atoms with Gasteiger partial charge >= 0.3 is 0 Å². The van der Waals surface area contributed by atoms with Crippen molar-refractivity contribution in [3.8, 4) is 0 Å². The summed E-state index contributed by atoms with van der Waals surface area (Å²) in [4.78, 5) is 2.21. The van der Waals surface area contributed by atoms with E-state index in [-0.39, 0.29) is 13.2 Å². The normalized spacial score (nSPS) is 19.8. The number of nitrogens with zero attached hydrogens (tertiary/aromatic N) is 1. The summed E-state index contributed by atoms with van der Waals surface area (Å²) >= 11 is 0. The second kappa shape index (κ2) is 5.83. The highest BCUT2D eigenvalue weighted by Crippen LogP contribution is 2.28. The Morgan fingerprint density at radius 1 is 1.13 bits per heavy atom. The maximum Gasteiger partial charge on any atom is 0.0670 e. The van der Waals surface area contributed by atoms with E-state index in [2.05, 4.69) is 4.90 Å². The number of aliphatic hydroxyl groups is 2. The SMILES string of the molecule is CCC(CO)(CO)N(C)C1CCCCC1. The summed E-state index contributed by atoms with van der Waals surface area (Å²) in [7, 11) is 2.05. The first-order valence-corrected chi connectivity index (χ1v) is 6.15. The van der Waals surface area contributed by atoms with Gasteiger partial charge in [-0.25, -0.2) is 0 Å². The number of rotatable bonds is 5. The van der Waals surface area contributed by atoms with Crippen LogP contribution in [0.3, 0.4) is 0 Å². The van der Waals surface area contributed by atoms with E-state index < -0.39 is 5.54 Å². The minimum atomic E-state index is -0.415. The van der Waals surface area contributed by atoms with Gasteiger partial charge < -0.3 is 10.2 Å². The maximum atomic E-state index is 9.48. The highest BCUT2D eigenvalue weighted by molar-refractivity contribution is 4.91. The van der Waals surface area contributed by atoms with Gasteiger partial charge in [0.2, 0.25) is 0 Å². The molecule has 90 valence electrons. The largest absolute Gasteiger partial charge is 0.394 e. The predicted molar refractivity (Wildman–Crippen MR) is 61.8 cm³/mol. The Balaban J connectivity index is 2.65. The highest BCUT2D eigenvalue weighted by atomic mass is 16.3. The van der Waals surface area contributed by atoms with Crippen molar-refractivity contribution in [1.82, 2.24) is 4.90 Å². The fraction of sp³-hybridized carbons (Fsp3) is 1.00. The van der Waals surface area contributed by atoms with E-state index in [0.717, 1.165) is 6.42 Å². The molecule has 0 aromatic carbocycles. The molecule has 0 aromatic heterocycles. The molecule has 15 heavy (non-hydrogen) atoms. The Hall–Kier alpha value is -0.120. The fourth-order valence-electron chi connectivity index (χ4n) is 2.60. The second-order valence-electron chi connectivity index (χ2n) is 4.80. The van der Waals surface area contributed by atoms with Crippen molar-refractivity contribution in [2.45, 2.75) is 57.0 Å². The Bertz CT molecular complexity index is 166. The summed E-state index contributed by atoms with van der Waals surface area (Å²) in [5.41, 5.74) is -0.415. The van der Waals surface area contributed by atoms with Gasteiger partial charge in [-0.3, -0.25) is 4.90 Å². The average Bonchev–Trinajstić information content (AvgIpc) is 2.33. The third-order valence-corrected chi connectivity index (χ3v) is 4.12. The summed E-state index contributed by atoms with van der Waals surface area (Å²) in [6, 6.07) is 0.540. The first-order chi connectivity index (χ1) is 7.20. The topological polar surface area (TPSA) is 43.7 Å². The molecule has 3 nitrogen and oxygen atoms in total. The zero-order valence-electron chi connectivity index (χ0n) is 10.1. The Kier molecular flexibility index (Phi) is 5.03. The van der Waals surface area contributed by atoms with Crippen LogP contribution in [-0.4, -0.2) is 47.0 Å². The molecule has 0 bridgehead atoms. The molecule has 1 aliphatic carbocycles. The smallest absolute Gasteiger partial charge is 0.0670 e. The van der Waals surface area contributed by atoms with Gasteiger partial charge in [-0.15, -0.1) is 0 Å². The lowest BCUT2D eigenvalue weighted by Crippen LogP contribution is -2.56. The van der Waals surface area contributed by atoms with Crippen molar-refractivity contribution in [3.63, 3.8) is 0 Å². The summed E-state index contributed by atoms with van der Waals surface area (Å²) in [5, 5.41) is 19.0. The molecular weight excluding hydrogens is 190 g/mol. The molecule has 3 heteroatoms. The summed E-state index contributed by atoms with van der Waals surface area (Å²) in [5.74, 6) is 0. The van der Waals surface area contributed by atoms with Crippen molar-refractivity contribution in [3.05, 3.63) is 0 Å². The molecule has 0 aliphatic heterocycles. The van der Waals surface area contributed by atoms with E-state index >= 15 is 0 Å². The quantitative estimate of drug-likeness (QED) is 0.728. The molecule has 0 amide bonds. The molecule has 1 rings (SSSR count). The third kappa shape index (κ3) is 2.71. The van der Waals surface area contributed by atoms with E-state index in [1.165, 1.54) is 32.1 Å². The Morgan fingerprint density at radius 3 is 2.07 bits per heavy atom. The minimum absolute atomic E-state index is 0.0486. The second-order valence-corrected chi connectivity index (χ2v) is 4.80. The molecule has 2 N–H and O–H groups in total. The summed E-state index contributed by atoms with van der Waals surface area (Å²) in [6.07, 6.45) is 7.11. The van der Waals surface area contributed by atoms with Crippen LogP contribution >= 0.6 is 0 Å². The zero-order valence-corrected chi connectivity index (χ0v) is 10.1. The molecule has 0 atom stereocenters. The lowest BCUT2D eigenvalue weighted by Gasteiger charge is -2.44. The molecule has 1 saturated carbocycles. The molecule has 0 saturated heterocycles. The number of aliphatic hydroxyl groups excluding tert-OH is 2. The number of likely N-dealkylation sites (N-methyl/N-ethyl adjacent to an activating group) is 1. The van der Waals surface area contributed by atoms with Gasteiger partial charge in [0.15, 0.2) is 0 Å². The standard InChI is InChI=1S/C12H25NO2/c1-3-12(9-14,10-15)13(2)11-7-5-4-6-8-11/h11,14-15H,3-10H2,1-2H3. The molecule has 0 aromatic rings. The third-order valence-electron chi connectivity index (χ3n) is 4.12. The van der Waals surface area contributed by atoms with Crippen LogP contribution in [0.15, 0.2) is 0 Å². The van der Waals surface area contributed by atoms with Crippen molar-refractivity contribution in [2.75, 3.05) is 20.3 Å². The molecule has 1 aliphatic rings. The van der Waals surface area contributed by atoms with Crippen molar-refractivity contribution in [1.29, 1.82) is 0 Å². The van der Waals surface area contributed by atoms with Crippen LogP contribution in [0.2, 0.25) is 0 Å². The molecule has 0 radical (unpaired) electrons. The lowest BCUT2D eigenvalue weighted by atomic mass is 9.88. The van der Waals surface area contributed by atoms with Crippen molar-refractivity contribution >= 4 is 0 Å². The van der Waals surface area contributed by atoms with Crippen LogP contribution in [0.1, 0.15) is 45.4 Å². The van der Waals surface area contributed by atoms with Gasteiger partial charge in [0.05, 0.1) is 18.8 Å². The van der Waals surface area contributed by atoms with E-state index in [9.17, 15) is 10.2 Å². The first kappa shape index (κ1) is 12.9. The highest BCUT2D eigenvalue weighted by Gasteiger charge is 2.35. The van der Waals surface area contributed by atoms with Crippen molar-refractivity contribution in [2.24, 2.45) is 0 Å². The minimum Gasteiger partial charge on any atom is -0.394 e. The zero-order chi connectivity index (χ0) is 11.3. The van der Waals surface area contributed by atoms with Crippen LogP contribution in [0, 0.1) is 0 Å². The van der Waals surface area contributed by atoms with Crippen LogP contribution in [0.4, 0.5) is 0 Å². The van der Waals surface area contributed by atoms with Gasteiger partial charge in [0, 0.05) is 6.04 Å². The summed E-state index contributed by atoms with van der Waals surface area (Å²) < 4.78 is 0. The number of hydrogen-bond acceptors (Lipinski definition) is 3. The van der Waals surface area contributed by atoms with Gasteiger partial charge in [-0.1, -0.05) is 26.2 Å². The molecular formula is C12H25NO2. The van der Waals surface area contributed by atoms with Gasteiger partial charge in [0.1, 0.15) is 0 Å². The summed E-state index contributed by atoms with van der Waals surface area (Å²) in [6.45, 7) is 2.13. The Morgan fingerprint density at radius 2 is 1.67 bits per heavy atom. The molecule has 0 heterocycles. The maximum absolute atomic E-state index is 9.48.